The molecule has 0 aliphatic carbocycles. The van der Waals surface area contributed by atoms with Crippen molar-refractivity contribution in [3.63, 3.8) is 0 Å². The zero-order chi connectivity index (χ0) is 28.4. The molecule has 0 unspecified atom stereocenters. The third kappa shape index (κ3) is 5.99. The van der Waals surface area contributed by atoms with Gasteiger partial charge in [0, 0.05) is 5.02 Å². The molecule has 13 nitrogen and oxygen atoms in total. The van der Waals surface area contributed by atoms with E-state index in [1.165, 1.54) is 27.4 Å². The molecule has 0 saturated carbocycles. The van der Waals surface area contributed by atoms with E-state index in [1.807, 2.05) is 0 Å². The molecule has 0 amide bonds. The van der Waals surface area contributed by atoms with Gasteiger partial charge in [0.2, 0.25) is 0 Å². The van der Waals surface area contributed by atoms with Gasteiger partial charge in [-0.1, -0.05) is 23.8 Å². The fourth-order valence-electron chi connectivity index (χ4n) is 4.89. The molecular formula is C25H33ClN2O11. The van der Waals surface area contributed by atoms with Crippen molar-refractivity contribution in [2.75, 3.05) is 13.2 Å². The molecule has 0 bridgehead atoms. The number of benzene rings is 1. The van der Waals surface area contributed by atoms with E-state index in [-0.39, 0.29) is 26.3 Å². The summed E-state index contributed by atoms with van der Waals surface area (Å²) in [5, 5.41) is 62.9. The number of hydrogen-bond donors (Lipinski definition) is 6. The number of rotatable bonds is 10. The first-order chi connectivity index (χ1) is 18.6. The minimum atomic E-state index is -1.69. The number of aliphatic hydroxyl groups excluding tert-OH is 6. The van der Waals surface area contributed by atoms with Crippen LogP contribution in [-0.4, -0.2) is 114 Å². The van der Waals surface area contributed by atoms with Crippen molar-refractivity contribution in [2.45, 2.75) is 74.5 Å². The van der Waals surface area contributed by atoms with Crippen molar-refractivity contribution >= 4 is 22.6 Å². The molecule has 2 saturated heterocycles. The Morgan fingerprint density at radius 3 is 1.72 bits per heavy atom. The largest absolute Gasteiger partial charge is 0.388 e. The molecule has 2 fully saturated rings. The first-order valence-electron chi connectivity index (χ1n) is 12.3. The van der Waals surface area contributed by atoms with Crippen LogP contribution in [0.15, 0.2) is 48.3 Å². The van der Waals surface area contributed by atoms with E-state index in [4.69, 9.17) is 30.5 Å². The van der Waals surface area contributed by atoms with E-state index in [9.17, 15) is 35.4 Å². The van der Waals surface area contributed by atoms with Crippen molar-refractivity contribution < 1.29 is 49.6 Å². The number of hydrogen-bond acceptors (Lipinski definition) is 11. The number of aliphatic hydroxyl groups is 6. The van der Waals surface area contributed by atoms with Gasteiger partial charge in [-0.2, -0.15) is 0 Å². The Balaban J connectivity index is 1.66. The summed E-state index contributed by atoms with van der Waals surface area (Å²) in [6.45, 7) is 6.54. The zero-order valence-electron chi connectivity index (χ0n) is 20.9. The van der Waals surface area contributed by atoms with Gasteiger partial charge in [-0.25, -0.2) is 4.79 Å². The minimum absolute atomic E-state index is 0.00223. The first kappa shape index (κ1) is 29.8. The molecule has 6 N–H and O–H groups in total. The lowest BCUT2D eigenvalue weighted by atomic mass is 9.98. The fraction of sp³-hybridized carbons (Fsp3) is 0.560. The van der Waals surface area contributed by atoms with Crippen LogP contribution in [0.2, 0.25) is 5.02 Å². The predicted octanol–water partition coefficient (Wildman–Crippen LogP) is -1.52. The minimum Gasteiger partial charge on any atom is -0.388 e. The number of ether oxygens (including phenoxy) is 4. The Hall–Kier alpha value is -2.14. The standard InChI is InChI=1S/C25H33ClN2O11/c1-3-7-36-21-17(29)15(38-23(33)19(21)31)10-27-13-6-5-12(26)9-14(13)28(25(27)35)11-16-18(30)22(37-8-4-2)20(32)24(34)39-16/h3-6,9,15-24,29-34H,1-2,7-8,10-11H2/t15-,16+,17-,18+,19+,20-,21+,22-,23-,24+/m1/s1. The smallest absolute Gasteiger partial charge is 0.329 e. The Labute approximate surface area is 228 Å². The molecule has 0 radical (unpaired) electrons. The average Bonchev–Trinajstić information content (AvgIpc) is 3.15. The van der Waals surface area contributed by atoms with Crippen LogP contribution in [0, 0.1) is 0 Å². The zero-order valence-corrected chi connectivity index (χ0v) is 21.7. The molecule has 2 aromatic rings. The molecule has 14 heteroatoms. The lowest BCUT2D eigenvalue weighted by Crippen LogP contribution is -2.60. The normalized spacial score (nSPS) is 35.3. The number of halogens is 1. The van der Waals surface area contributed by atoms with Gasteiger partial charge in [-0.15, -0.1) is 13.2 Å². The van der Waals surface area contributed by atoms with E-state index in [1.54, 1.807) is 12.1 Å². The molecule has 3 heterocycles. The van der Waals surface area contributed by atoms with Gasteiger partial charge >= 0.3 is 5.69 Å². The second-order valence-corrected chi connectivity index (χ2v) is 9.84. The molecule has 39 heavy (non-hydrogen) atoms. The number of aromatic nitrogens is 2. The monoisotopic (exact) mass is 572 g/mol. The highest BCUT2D eigenvalue weighted by molar-refractivity contribution is 6.31. The summed E-state index contributed by atoms with van der Waals surface area (Å²) in [6, 6.07) is 4.66. The highest BCUT2D eigenvalue weighted by atomic mass is 35.5. The van der Waals surface area contributed by atoms with Gasteiger partial charge < -0.3 is 49.6 Å². The molecule has 2 aliphatic rings. The summed E-state index contributed by atoms with van der Waals surface area (Å²) in [4.78, 5) is 13.7. The fourth-order valence-corrected chi connectivity index (χ4v) is 5.06. The average molecular weight is 573 g/mol. The topological polar surface area (TPSA) is 185 Å². The number of nitrogens with zero attached hydrogens (tertiary/aromatic N) is 2. The maximum absolute atomic E-state index is 13.7. The Morgan fingerprint density at radius 2 is 1.26 bits per heavy atom. The Bertz CT molecular complexity index is 1220. The van der Waals surface area contributed by atoms with Crippen molar-refractivity contribution in [3.05, 3.63) is 59.0 Å². The van der Waals surface area contributed by atoms with Gasteiger partial charge in [0.05, 0.1) is 37.3 Å². The van der Waals surface area contributed by atoms with Crippen LogP contribution < -0.4 is 5.69 Å². The molecule has 216 valence electrons. The Kier molecular flexibility index (Phi) is 9.62. The maximum Gasteiger partial charge on any atom is 0.329 e. The number of imidazole rings is 1. The summed E-state index contributed by atoms with van der Waals surface area (Å²) in [6.07, 6.45) is -11.2. The van der Waals surface area contributed by atoms with Crippen LogP contribution in [0.1, 0.15) is 0 Å². The second-order valence-electron chi connectivity index (χ2n) is 9.40. The highest BCUT2D eigenvalue weighted by Crippen LogP contribution is 2.28. The SMILES string of the molecule is C=CCO[C@@H]1[C@@H](O)[C@H](Cn2c(=O)n(C[C@H]3O[C@@H](O)[C@@H](O)[C@@H](OCC=C)[C@@H]3O)c3ccc(Cl)cc32)O[C@H](O)[C@@H]1O. The van der Waals surface area contributed by atoms with Crippen LogP contribution in [0.4, 0.5) is 0 Å². The van der Waals surface area contributed by atoms with E-state index in [0.717, 1.165) is 0 Å². The van der Waals surface area contributed by atoms with E-state index < -0.39 is 67.1 Å². The number of fused-ring (bicyclic) bond motifs is 1. The van der Waals surface area contributed by atoms with Gasteiger partial charge in [0.25, 0.3) is 0 Å². The molecule has 10 atom stereocenters. The second kappa shape index (κ2) is 12.6. The molecule has 1 aromatic carbocycles. The summed E-state index contributed by atoms with van der Waals surface area (Å²) < 4.78 is 24.2. The van der Waals surface area contributed by atoms with Crippen LogP contribution in [0.5, 0.6) is 0 Å². The third-order valence-corrected chi connectivity index (χ3v) is 7.08. The van der Waals surface area contributed by atoms with E-state index in [2.05, 4.69) is 13.2 Å². The quantitative estimate of drug-likeness (QED) is 0.182. The third-order valence-electron chi connectivity index (χ3n) is 6.84. The van der Waals surface area contributed by atoms with Gasteiger partial charge in [-0.05, 0) is 18.2 Å². The molecular weight excluding hydrogens is 540 g/mol. The Morgan fingerprint density at radius 1 is 0.795 bits per heavy atom. The van der Waals surface area contributed by atoms with Gasteiger partial charge in [-0.3, -0.25) is 9.13 Å². The highest BCUT2D eigenvalue weighted by Gasteiger charge is 2.46. The van der Waals surface area contributed by atoms with Gasteiger partial charge in [0.15, 0.2) is 12.6 Å². The first-order valence-corrected chi connectivity index (χ1v) is 12.7. The lowest BCUT2D eigenvalue weighted by Gasteiger charge is -2.40. The maximum atomic E-state index is 13.7. The lowest BCUT2D eigenvalue weighted by molar-refractivity contribution is -0.290. The molecule has 2 aliphatic heterocycles. The van der Waals surface area contributed by atoms with Gasteiger partial charge in [0.1, 0.15) is 48.8 Å². The van der Waals surface area contributed by atoms with Crippen molar-refractivity contribution in [1.29, 1.82) is 0 Å². The summed E-state index contributed by atoms with van der Waals surface area (Å²) in [5.41, 5.74) is 0.125. The van der Waals surface area contributed by atoms with E-state index >= 15 is 0 Å². The van der Waals surface area contributed by atoms with Crippen LogP contribution in [0.3, 0.4) is 0 Å². The summed E-state index contributed by atoms with van der Waals surface area (Å²) in [5.74, 6) is 0. The molecule has 4 rings (SSSR count). The van der Waals surface area contributed by atoms with E-state index in [0.29, 0.717) is 16.1 Å². The summed E-state index contributed by atoms with van der Waals surface area (Å²) in [7, 11) is 0. The predicted molar refractivity (Wildman–Crippen MR) is 137 cm³/mol. The molecule has 0 spiro atoms. The van der Waals surface area contributed by atoms with Crippen molar-refractivity contribution in [2.24, 2.45) is 0 Å². The molecule has 1 aromatic heterocycles. The van der Waals surface area contributed by atoms with Crippen LogP contribution in [-0.2, 0) is 32.0 Å². The van der Waals surface area contributed by atoms with Crippen LogP contribution >= 0.6 is 11.6 Å². The van der Waals surface area contributed by atoms with Crippen molar-refractivity contribution in [1.82, 2.24) is 9.13 Å². The van der Waals surface area contributed by atoms with Crippen molar-refractivity contribution in [3.8, 4) is 0 Å². The summed E-state index contributed by atoms with van der Waals surface area (Å²) >= 11 is 6.21. The van der Waals surface area contributed by atoms with Crippen LogP contribution in [0.25, 0.3) is 11.0 Å².